The summed E-state index contributed by atoms with van der Waals surface area (Å²) < 4.78 is 25.5. The minimum atomic E-state index is -3.62. The van der Waals surface area contributed by atoms with Crippen LogP contribution in [0.1, 0.15) is 13.3 Å². The van der Waals surface area contributed by atoms with E-state index in [0.29, 0.717) is 13.1 Å². The first-order valence-corrected chi connectivity index (χ1v) is 8.41. The first kappa shape index (κ1) is 17.6. The smallest absolute Gasteiger partial charge is 0.243 e. The molecule has 0 atom stereocenters. The van der Waals surface area contributed by atoms with Gasteiger partial charge in [-0.2, -0.15) is 4.31 Å². The zero-order valence-corrected chi connectivity index (χ0v) is 13.3. The van der Waals surface area contributed by atoms with Crippen LogP contribution >= 0.6 is 0 Å². The largest absolute Gasteiger partial charge is 0.354 e. The maximum absolute atomic E-state index is 12.2. The van der Waals surface area contributed by atoms with Crippen molar-refractivity contribution < 1.29 is 13.2 Å². The van der Waals surface area contributed by atoms with Crippen molar-refractivity contribution in [3.8, 4) is 0 Å². The van der Waals surface area contributed by atoms with Crippen LogP contribution in [0, 0.1) is 0 Å². The summed E-state index contributed by atoms with van der Waals surface area (Å²) in [7, 11) is -2.22. The lowest BCUT2D eigenvalue weighted by molar-refractivity contribution is -0.121. The zero-order valence-electron chi connectivity index (χ0n) is 12.5. The van der Waals surface area contributed by atoms with Gasteiger partial charge in [-0.1, -0.05) is 25.1 Å². The zero-order chi connectivity index (χ0) is 15.7. The fourth-order valence-corrected chi connectivity index (χ4v) is 2.86. The standard InChI is InChI=1S/C14H23N3O3S/c1-3-9-15-10-11-16-14(18)12-17(2)21(19,20)13-7-5-4-6-8-13/h4-8,15H,3,9-12H2,1-2H3,(H,16,18). The molecule has 0 aromatic heterocycles. The quantitative estimate of drug-likeness (QED) is 0.648. The summed E-state index contributed by atoms with van der Waals surface area (Å²) >= 11 is 0. The van der Waals surface area contributed by atoms with Gasteiger partial charge in [0, 0.05) is 20.1 Å². The Labute approximate surface area is 126 Å². The van der Waals surface area contributed by atoms with E-state index in [1.807, 2.05) is 0 Å². The van der Waals surface area contributed by atoms with E-state index >= 15 is 0 Å². The lowest BCUT2D eigenvalue weighted by Gasteiger charge is -2.16. The van der Waals surface area contributed by atoms with E-state index in [1.54, 1.807) is 18.2 Å². The Morgan fingerprint density at radius 2 is 1.81 bits per heavy atom. The molecule has 1 rings (SSSR count). The van der Waals surface area contributed by atoms with E-state index in [1.165, 1.54) is 19.2 Å². The van der Waals surface area contributed by atoms with E-state index in [-0.39, 0.29) is 17.3 Å². The number of benzene rings is 1. The Morgan fingerprint density at radius 1 is 1.14 bits per heavy atom. The normalized spacial score (nSPS) is 11.6. The molecule has 0 heterocycles. The molecule has 0 saturated heterocycles. The van der Waals surface area contributed by atoms with Gasteiger partial charge in [-0.05, 0) is 25.1 Å². The molecule has 21 heavy (non-hydrogen) atoms. The van der Waals surface area contributed by atoms with Crippen LogP contribution in [0.2, 0.25) is 0 Å². The Balaban J connectivity index is 2.45. The lowest BCUT2D eigenvalue weighted by atomic mass is 10.4. The number of rotatable bonds is 9. The van der Waals surface area contributed by atoms with Gasteiger partial charge in [0.1, 0.15) is 0 Å². The number of likely N-dealkylation sites (N-methyl/N-ethyl adjacent to an activating group) is 1. The minimum absolute atomic E-state index is 0.185. The van der Waals surface area contributed by atoms with Crippen molar-refractivity contribution in [1.29, 1.82) is 0 Å². The third kappa shape index (κ3) is 5.82. The van der Waals surface area contributed by atoms with Crippen LogP contribution in [-0.4, -0.2) is 51.9 Å². The molecule has 0 aliphatic heterocycles. The third-order valence-electron chi connectivity index (χ3n) is 2.87. The fraction of sp³-hybridized carbons (Fsp3) is 0.500. The number of sulfonamides is 1. The molecule has 0 aliphatic carbocycles. The molecule has 6 nitrogen and oxygen atoms in total. The van der Waals surface area contributed by atoms with Crippen LogP contribution in [-0.2, 0) is 14.8 Å². The van der Waals surface area contributed by atoms with Crippen molar-refractivity contribution in [2.75, 3.05) is 33.2 Å². The Bertz CT molecular complexity index is 532. The number of carbonyl (C=O) groups excluding carboxylic acids is 1. The summed E-state index contributed by atoms with van der Waals surface area (Å²) in [6, 6.07) is 8.08. The summed E-state index contributed by atoms with van der Waals surface area (Å²) in [5.74, 6) is -0.310. The highest BCUT2D eigenvalue weighted by atomic mass is 32.2. The molecule has 7 heteroatoms. The highest BCUT2D eigenvalue weighted by molar-refractivity contribution is 7.89. The molecule has 0 bridgehead atoms. The number of nitrogens with one attached hydrogen (secondary N) is 2. The SMILES string of the molecule is CCCNCCNC(=O)CN(C)S(=O)(=O)c1ccccc1. The highest BCUT2D eigenvalue weighted by Gasteiger charge is 2.22. The van der Waals surface area contributed by atoms with Gasteiger partial charge in [0.2, 0.25) is 15.9 Å². The monoisotopic (exact) mass is 313 g/mol. The van der Waals surface area contributed by atoms with E-state index < -0.39 is 10.0 Å². The summed E-state index contributed by atoms with van der Waals surface area (Å²) in [6.07, 6.45) is 1.03. The molecule has 0 aliphatic rings. The Morgan fingerprint density at radius 3 is 2.43 bits per heavy atom. The first-order valence-electron chi connectivity index (χ1n) is 6.97. The number of carbonyl (C=O) groups is 1. The van der Waals surface area contributed by atoms with Crippen molar-refractivity contribution in [3.63, 3.8) is 0 Å². The minimum Gasteiger partial charge on any atom is -0.354 e. The average Bonchev–Trinajstić information content (AvgIpc) is 2.47. The Hall–Kier alpha value is -1.44. The van der Waals surface area contributed by atoms with E-state index in [0.717, 1.165) is 17.3 Å². The fourth-order valence-electron chi connectivity index (χ4n) is 1.71. The van der Waals surface area contributed by atoms with Crippen LogP contribution in [0.15, 0.2) is 35.2 Å². The molecule has 0 unspecified atom stereocenters. The van der Waals surface area contributed by atoms with Gasteiger partial charge in [0.25, 0.3) is 0 Å². The topological polar surface area (TPSA) is 78.5 Å². The second kappa shape index (κ2) is 8.76. The average molecular weight is 313 g/mol. The van der Waals surface area contributed by atoms with Gasteiger partial charge < -0.3 is 10.6 Å². The van der Waals surface area contributed by atoms with E-state index in [2.05, 4.69) is 17.6 Å². The van der Waals surface area contributed by atoms with Crippen LogP contribution in [0.3, 0.4) is 0 Å². The Kier molecular flexibility index (Phi) is 7.35. The van der Waals surface area contributed by atoms with Crippen molar-refractivity contribution in [3.05, 3.63) is 30.3 Å². The summed E-state index contributed by atoms with van der Waals surface area (Å²) in [5.41, 5.74) is 0. The maximum atomic E-state index is 12.2. The molecular formula is C14H23N3O3S. The molecule has 2 N–H and O–H groups in total. The number of amides is 1. The predicted octanol–water partition coefficient (Wildman–Crippen LogP) is 0.423. The van der Waals surface area contributed by atoms with Crippen LogP contribution in [0.4, 0.5) is 0 Å². The van der Waals surface area contributed by atoms with Crippen molar-refractivity contribution in [2.45, 2.75) is 18.2 Å². The number of nitrogens with zero attached hydrogens (tertiary/aromatic N) is 1. The van der Waals surface area contributed by atoms with Gasteiger partial charge in [0.15, 0.2) is 0 Å². The van der Waals surface area contributed by atoms with Crippen LogP contribution in [0.5, 0.6) is 0 Å². The molecule has 1 aromatic rings. The molecule has 118 valence electrons. The summed E-state index contributed by atoms with van der Waals surface area (Å²) in [6.45, 7) is 3.94. The number of hydrogen-bond donors (Lipinski definition) is 2. The second-order valence-corrected chi connectivity index (χ2v) is 6.72. The predicted molar refractivity (Wildman–Crippen MR) is 82.4 cm³/mol. The lowest BCUT2D eigenvalue weighted by Crippen LogP contribution is -2.40. The van der Waals surface area contributed by atoms with Gasteiger partial charge >= 0.3 is 0 Å². The van der Waals surface area contributed by atoms with Crippen molar-refractivity contribution in [1.82, 2.24) is 14.9 Å². The first-order chi connectivity index (χ1) is 9.98. The molecule has 1 amide bonds. The van der Waals surface area contributed by atoms with Gasteiger partial charge in [-0.25, -0.2) is 8.42 Å². The summed E-state index contributed by atoms with van der Waals surface area (Å²) in [4.78, 5) is 11.9. The summed E-state index contributed by atoms with van der Waals surface area (Å²) in [5, 5.41) is 5.84. The van der Waals surface area contributed by atoms with Gasteiger partial charge in [-0.15, -0.1) is 0 Å². The number of hydrogen-bond acceptors (Lipinski definition) is 4. The molecule has 0 radical (unpaired) electrons. The molecule has 1 aromatic carbocycles. The third-order valence-corrected chi connectivity index (χ3v) is 4.69. The van der Waals surface area contributed by atoms with Crippen LogP contribution in [0.25, 0.3) is 0 Å². The maximum Gasteiger partial charge on any atom is 0.243 e. The van der Waals surface area contributed by atoms with Crippen molar-refractivity contribution in [2.24, 2.45) is 0 Å². The van der Waals surface area contributed by atoms with Gasteiger partial charge in [0.05, 0.1) is 11.4 Å². The molecular weight excluding hydrogens is 290 g/mol. The van der Waals surface area contributed by atoms with E-state index in [4.69, 9.17) is 0 Å². The molecule has 0 spiro atoms. The van der Waals surface area contributed by atoms with Crippen molar-refractivity contribution >= 4 is 15.9 Å². The highest BCUT2D eigenvalue weighted by Crippen LogP contribution is 2.12. The molecule has 0 saturated carbocycles. The van der Waals surface area contributed by atoms with Crippen LogP contribution < -0.4 is 10.6 Å². The molecule has 0 fully saturated rings. The second-order valence-electron chi connectivity index (χ2n) is 4.67. The van der Waals surface area contributed by atoms with Gasteiger partial charge in [-0.3, -0.25) is 4.79 Å². The van der Waals surface area contributed by atoms with E-state index in [9.17, 15) is 13.2 Å².